The molecule has 0 radical (unpaired) electrons. The third-order valence-corrected chi connectivity index (χ3v) is 7.27. The summed E-state index contributed by atoms with van der Waals surface area (Å²) in [4.78, 5) is 26.1. The number of likely N-dealkylation sites (tertiary alicyclic amines) is 1. The predicted molar refractivity (Wildman–Crippen MR) is 139 cm³/mol. The van der Waals surface area contributed by atoms with Crippen LogP contribution in [-0.4, -0.2) is 77.2 Å². The van der Waals surface area contributed by atoms with Crippen LogP contribution in [0.2, 0.25) is 0 Å². The van der Waals surface area contributed by atoms with Crippen molar-refractivity contribution < 1.29 is 0 Å². The van der Waals surface area contributed by atoms with Crippen molar-refractivity contribution in [1.82, 2.24) is 19.7 Å². The largest absolute Gasteiger partial charge is 0.352 e. The average molecular weight is 458 g/mol. The Hall–Kier alpha value is -3.22. The highest BCUT2D eigenvalue weighted by Gasteiger charge is 2.43. The third kappa shape index (κ3) is 4.08. The maximum Gasteiger partial charge on any atom is 0.204 e. The first-order valence-electron chi connectivity index (χ1n) is 12.1. The number of benzene rings is 1. The second-order valence-electron chi connectivity index (χ2n) is 10.7. The third-order valence-electron chi connectivity index (χ3n) is 7.27. The summed E-state index contributed by atoms with van der Waals surface area (Å²) in [7, 11) is 4.17. The summed E-state index contributed by atoms with van der Waals surface area (Å²) >= 11 is 0. The fourth-order valence-corrected chi connectivity index (χ4v) is 5.08. The first-order valence-corrected chi connectivity index (χ1v) is 12.1. The zero-order chi connectivity index (χ0) is 24.0. The Morgan fingerprint density at radius 3 is 2.56 bits per heavy atom. The average Bonchev–Trinajstić information content (AvgIpc) is 3.45. The van der Waals surface area contributed by atoms with E-state index in [1.807, 2.05) is 18.7 Å². The molecule has 7 nitrogen and oxygen atoms in total. The maximum absolute atomic E-state index is 5.18. The molecule has 0 bridgehead atoms. The fraction of sp³-hybridized carbons (Fsp3) is 0.481. The van der Waals surface area contributed by atoms with Crippen molar-refractivity contribution in [2.45, 2.75) is 57.7 Å². The van der Waals surface area contributed by atoms with Crippen LogP contribution in [0.1, 0.15) is 49.8 Å². The summed E-state index contributed by atoms with van der Waals surface area (Å²) in [5, 5.41) is 0. The molecule has 3 aliphatic rings. The maximum atomic E-state index is 5.18. The Morgan fingerprint density at radius 1 is 1.06 bits per heavy atom. The number of rotatable bonds is 2. The van der Waals surface area contributed by atoms with Gasteiger partial charge in [-0.3, -0.25) is 4.98 Å². The molecule has 1 fully saturated rings. The van der Waals surface area contributed by atoms with Crippen molar-refractivity contribution in [2.75, 3.05) is 27.2 Å². The van der Waals surface area contributed by atoms with E-state index in [1.165, 1.54) is 11.1 Å². The predicted octanol–water partition coefficient (Wildman–Crippen LogP) is 4.18. The molecule has 3 atom stereocenters. The van der Waals surface area contributed by atoms with Crippen LogP contribution in [0.3, 0.4) is 0 Å². The van der Waals surface area contributed by atoms with E-state index in [-0.39, 0.29) is 17.6 Å². The first kappa shape index (κ1) is 22.6. The Kier molecular flexibility index (Phi) is 5.66. The summed E-state index contributed by atoms with van der Waals surface area (Å²) in [6, 6.07) is 10.9. The van der Waals surface area contributed by atoms with Gasteiger partial charge >= 0.3 is 0 Å². The van der Waals surface area contributed by atoms with E-state index in [4.69, 9.17) is 15.0 Å². The normalized spacial score (nSPS) is 25.8. The Morgan fingerprint density at radius 2 is 1.82 bits per heavy atom. The Bertz CT molecular complexity index is 1150. The van der Waals surface area contributed by atoms with Gasteiger partial charge in [0.15, 0.2) is 12.0 Å². The van der Waals surface area contributed by atoms with Gasteiger partial charge in [-0.05, 0) is 53.6 Å². The van der Waals surface area contributed by atoms with Crippen LogP contribution in [0.25, 0.3) is 0 Å². The lowest BCUT2D eigenvalue weighted by Crippen LogP contribution is -2.57. The second kappa shape index (κ2) is 8.53. The molecule has 3 unspecified atom stereocenters. The van der Waals surface area contributed by atoms with Crippen LogP contribution in [0, 0.1) is 6.92 Å². The molecule has 2 aromatic rings. The number of hydrogen-bond donors (Lipinski definition) is 0. The molecule has 0 N–H and O–H groups in total. The van der Waals surface area contributed by atoms with Crippen molar-refractivity contribution >= 4 is 23.8 Å². The summed E-state index contributed by atoms with van der Waals surface area (Å²) in [6.45, 7) is 10.7. The van der Waals surface area contributed by atoms with Gasteiger partial charge in [0.25, 0.3) is 0 Å². The first-order chi connectivity index (χ1) is 16.2. The van der Waals surface area contributed by atoms with Crippen molar-refractivity contribution in [3.05, 3.63) is 59.4 Å². The standard InChI is InChI=1S/C27H35N7/c1-18-7-8-21(27(2,3)4)15-22(18)30-24-23-25(29-17-32(23)5)33(6)26(31-24)34-14-11-20(16-34)19-9-12-28-13-10-19/h7-10,12-13,15,17,20,23,25H,11,14,16H2,1-6H3. The molecular weight excluding hydrogens is 422 g/mol. The number of hydrogen-bond acceptors (Lipinski definition) is 6. The molecule has 4 heterocycles. The number of aryl methyl sites for hydroxylation is 1. The Labute approximate surface area is 202 Å². The highest BCUT2D eigenvalue weighted by molar-refractivity contribution is 6.04. The van der Waals surface area contributed by atoms with E-state index < -0.39 is 0 Å². The number of amidine groups is 1. The van der Waals surface area contributed by atoms with Crippen molar-refractivity contribution in [3.63, 3.8) is 0 Å². The molecule has 0 spiro atoms. The lowest BCUT2D eigenvalue weighted by molar-refractivity contribution is 0.263. The van der Waals surface area contributed by atoms with Gasteiger partial charge in [0.2, 0.25) is 5.96 Å². The number of guanidine groups is 1. The summed E-state index contributed by atoms with van der Waals surface area (Å²) in [6.07, 6.45) is 6.76. The van der Waals surface area contributed by atoms with Crippen molar-refractivity contribution in [3.8, 4) is 0 Å². The SMILES string of the molecule is Cc1ccc(C(C)(C)C)cc1N=C1N=C(N2CCC(c3ccncc3)C2)N(C)C2N=CN(C)C12. The van der Waals surface area contributed by atoms with Gasteiger partial charge in [0.1, 0.15) is 6.04 Å². The van der Waals surface area contributed by atoms with Gasteiger partial charge in [-0.25, -0.2) is 9.98 Å². The molecule has 1 saturated heterocycles. The molecule has 7 heteroatoms. The Balaban J connectivity index is 1.52. The number of likely N-dealkylation sites (N-methyl/N-ethyl adjacent to an activating group) is 2. The number of fused-ring (bicyclic) bond motifs is 1. The van der Waals surface area contributed by atoms with Crippen LogP contribution < -0.4 is 0 Å². The number of aromatic nitrogens is 1. The van der Waals surface area contributed by atoms with Crippen molar-refractivity contribution in [1.29, 1.82) is 0 Å². The summed E-state index contributed by atoms with van der Waals surface area (Å²) < 4.78 is 0. The van der Waals surface area contributed by atoms with Crippen LogP contribution in [0.5, 0.6) is 0 Å². The van der Waals surface area contributed by atoms with Crippen LogP contribution >= 0.6 is 0 Å². The molecule has 0 saturated carbocycles. The highest BCUT2D eigenvalue weighted by Crippen LogP contribution is 2.33. The minimum atomic E-state index is -0.0256. The van der Waals surface area contributed by atoms with E-state index in [0.717, 1.165) is 42.6 Å². The molecule has 178 valence electrons. The summed E-state index contributed by atoms with van der Waals surface area (Å²) in [5.41, 5.74) is 4.84. The molecule has 1 aromatic carbocycles. The minimum absolute atomic E-state index is 0.00467. The topological polar surface area (TPSA) is 59.7 Å². The van der Waals surface area contributed by atoms with E-state index in [9.17, 15) is 0 Å². The van der Waals surface area contributed by atoms with Gasteiger partial charge in [0.05, 0.1) is 12.0 Å². The number of pyridine rings is 1. The van der Waals surface area contributed by atoms with E-state index in [0.29, 0.717) is 5.92 Å². The monoisotopic (exact) mass is 457 g/mol. The quantitative estimate of drug-likeness (QED) is 0.679. The molecule has 3 aliphatic heterocycles. The van der Waals surface area contributed by atoms with Gasteiger partial charge in [-0.2, -0.15) is 4.99 Å². The lowest BCUT2D eigenvalue weighted by Gasteiger charge is -2.39. The molecule has 34 heavy (non-hydrogen) atoms. The molecule has 1 aromatic heterocycles. The van der Waals surface area contributed by atoms with Gasteiger partial charge in [-0.1, -0.05) is 32.9 Å². The van der Waals surface area contributed by atoms with Gasteiger partial charge in [0, 0.05) is 45.5 Å². The van der Waals surface area contributed by atoms with Gasteiger partial charge < -0.3 is 14.7 Å². The number of aliphatic imine (C=N–C) groups is 3. The van der Waals surface area contributed by atoms with Crippen LogP contribution in [-0.2, 0) is 5.41 Å². The molecule has 5 rings (SSSR count). The van der Waals surface area contributed by atoms with E-state index in [2.05, 4.69) is 91.8 Å². The molecular formula is C27H35N7. The lowest BCUT2D eigenvalue weighted by atomic mass is 9.86. The fourth-order valence-electron chi connectivity index (χ4n) is 5.08. The minimum Gasteiger partial charge on any atom is -0.352 e. The zero-order valence-electron chi connectivity index (χ0n) is 21.1. The highest BCUT2D eigenvalue weighted by atomic mass is 15.5. The van der Waals surface area contributed by atoms with Crippen LogP contribution in [0.15, 0.2) is 57.7 Å². The smallest absolute Gasteiger partial charge is 0.204 e. The molecule has 0 aliphatic carbocycles. The number of nitrogens with zero attached hydrogens (tertiary/aromatic N) is 7. The van der Waals surface area contributed by atoms with Gasteiger partial charge in [-0.15, -0.1) is 0 Å². The second-order valence-corrected chi connectivity index (χ2v) is 10.7. The van der Waals surface area contributed by atoms with Crippen LogP contribution in [0.4, 0.5) is 5.69 Å². The van der Waals surface area contributed by atoms with Crippen molar-refractivity contribution in [2.24, 2.45) is 15.0 Å². The summed E-state index contributed by atoms with van der Waals surface area (Å²) in [5.74, 6) is 2.28. The zero-order valence-corrected chi connectivity index (χ0v) is 21.1. The van der Waals surface area contributed by atoms with E-state index in [1.54, 1.807) is 0 Å². The van der Waals surface area contributed by atoms with E-state index >= 15 is 0 Å². The molecule has 0 amide bonds.